The highest BCUT2D eigenvalue weighted by Gasteiger charge is 2.14. The van der Waals surface area contributed by atoms with Crippen molar-refractivity contribution in [3.63, 3.8) is 0 Å². The van der Waals surface area contributed by atoms with Gasteiger partial charge in [-0.3, -0.25) is 4.90 Å². The second kappa shape index (κ2) is 6.24. The van der Waals surface area contributed by atoms with E-state index in [1.807, 2.05) is 0 Å². The molecular weight excluding hydrogens is 222 g/mol. The van der Waals surface area contributed by atoms with Crippen LogP contribution >= 0.6 is 11.6 Å². The Morgan fingerprint density at radius 1 is 1.19 bits per heavy atom. The van der Waals surface area contributed by atoms with Gasteiger partial charge in [0.1, 0.15) is 0 Å². The minimum Gasteiger partial charge on any atom is -0.379 e. The first-order chi connectivity index (χ1) is 7.90. The molecular formula is C13H18ClNO. The summed E-state index contributed by atoms with van der Waals surface area (Å²) in [7, 11) is 0. The van der Waals surface area contributed by atoms with Crippen LogP contribution in [0.4, 0.5) is 0 Å². The SMILES string of the molecule is ClCCOCCN1CCc2ccccc2C1. The predicted molar refractivity (Wildman–Crippen MR) is 67.0 cm³/mol. The molecule has 1 aromatic rings. The first-order valence-electron chi connectivity index (χ1n) is 5.83. The van der Waals surface area contributed by atoms with E-state index in [4.69, 9.17) is 16.3 Å². The highest BCUT2D eigenvalue weighted by molar-refractivity contribution is 6.17. The van der Waals surface area contributed by atoms with Gasteiger partial charge in [0.25, 0.3) is 0 Å². The van der Waals surface area contributed by atoms with E-state index in [2.05, 4.69) is 29.2 Å². The molecule has 1 aliphatic heterocycles. The van der Waals surface area contributed by atoms with Gasteiger partial charge in [-0.05, 0) is 17.5 Å². The van der Waals surface area contributed by atoms with Gasteiger partial charge in [0.15, 0.2) is 0 Å². The van der Waals surface area contributed by atoms with Gasteiger partial charge in [0.2, 0.25) is 0 Å². The van der Waals surface area contributed by atoms with E-state index in [-0.39, 0.29) is 0 Å². The van der Waals surface area contributed by atoms with Crippen molar-refractivity contribution < 1.29 is 4.74 Å². The number of ether oxygens (including phenoxy) is 1. The molecule has 0 spiro atoms. The molecule has 1 heterocycles. The highest BCUT2D eigenvalue weighted by Crippen LogP contribution is 2.17. The summed E-state index contributed by atoms with van der Waals surface area (Å²) in [6.45, 7) is 4.65. The molecule has 0 fully saturated rings. The lowest BCUT2D eigenvalue weighted by Crippen LogP contribution is -2.33. The van der Waals surface area contributed by atoms with Crippen LogP contribution in [0.3, 0.4) is 0 Å². The van der Waals surface area contributed by atoms with Crippen LogP contribution in [0.25, 0.3) is 0 Å². The second-order valence-electron chi connectivity index (χ2n) is 4.10. The lowest BCUT2D eigenvalue weighted by molar-refractivity contribution is 0.109. The fraction of sp³-hybridized carbons (Fsp3) is 0.538. The summed E-state index contributed by atoms with van der Waals surface area (Å²) >= 11 is 5.55. The van der Waals surface area contributed by atoms with E-state index in [9.17, 15) is 0 Å². The summed E-state index contributed by atoms with van der Waals surface area (Å²) in [5.41, 5.74) is 2.96. The minimum absolute atomic E-state index is 0.586. The monoisotopic (exact) mass is 239 g/mol. The number of nitrogens with zero attached hydrogens (tertiary/aromatic N) is 1. The maximum absolute atomic E-state index is 5.55. The number of halogens is 1. The van der Waals surface area contributed by atoms with Crippen molar-refractivity contribution >= 4 is 11.6 Å². The molecule has 0 N–H and O–H groups in total. The van der Waals surface area contributed by atoms with Crippen molar-refractivity contribution in [1.82, 2.24) is 4.90 Å². The third-order valence-corrected chi connectivity index (χ3v) is 3.14. The Kier molecular flexibility index (Phi) is 4.64. The van der Waals surface area contributed by atoms with E-state index in [1.54, 1.807) is 0 Å². The maximum Gasteiger partial charge on any atom is 0.0602 e. The third kappa shape index (κ3) is 3.21. The molecule has 0 radical (unpaired) electrons. The normalized spacial score (nSPS) is 16.1. The zero-order chi connectivity index (χ0) is 11.2. The molecule has 3 heteroatoms. The number of benzene rings is 1. The Hall–Kier alpha value is -0.570. The number of fused-ring (bicyclic) bond motifs is 1. The largest absolute Gasteiger partial charge is 0.379 e. The van der Waals surface area contributed by atoms with E-state index >= 15 is 0 Å². The fourth-order valence-corrected chi connectivity index (χ4v) is 2.20. The van der Waals surface area contributed by atoms with Crippen LogP contribution in [0, 0.1) is 0 Å². The molecule has 0 atom stereocenters. The van der Waals surface area contributed by atoms with Gasteiger partial charge in [0.05, 0.1) is 13.2 Å². The molecule has 16 heavy (non-hydrogen) atoms. The number of alkyl halides is 1. The van der Waals surface area contributed by atoms with Crippen molar-refractivity contribution in [3.05, 3.63) is 35.4 Å². The first-order valence-corrected chi connectivity index (χ1v) is 6.36. The van der Waals surface area contributed by atoms with Crippen molar-refractivity contribution in [3.8, 4) is 0 Å². The molecule has 0 saturated carbocycles. The van der Waals surface area contributed by atoms with Gasteiger partial charge < -0.3 is 4.74 Å². The van der Waals surface area contributed by atoms with Crippen molar-refractivity contribution in [2.45, 2.75) is 13.0 Å². The van der Waals surface area contributed by atoms with Crippen LogP contribution in [0.2, 0.25) is 0 Å². The van der Waals surface area contributed by atoms with E-state index < -0.39 is 0 Å². The van der Waals surface area contributed by atoms with E-state index in [1.165, 1.54) is 11.1 Å². The van der Waals surface area contributed by atoms with Crippen molar-refractivity contribution in [1.29, 1.82) is 0 Å². The quantitative estimate of drug-likeness (QED) is 0.578. The van der Waals surface area contributed by atoms with E-state index in [0.29, 0.717) is 12.5 Å². The number of hydrogen-bond donors (Lipinski definition) is 0. The van der Waals surface area contributed by atoms with Crippen LogP contribution < -0.4 is 0 Å². The minimum atomic E-state index is 0.586. The smallest absolute Gasteiger partial charge is 0.0602 e. The molecule has 2 rings (SSSR count). The Labute approximate surface area is 102 Å². The molecule has 2 nitrogen and oxygen atoms in total. The van der Waals surface area contributed by atoms with Crippen LogP contribution in [-0.4, -0.2) is 37.1 Å². The summed E-state index contributed by atoms with van der Waals surface area (Å²) < 4.78 is 5.40. The molecule has 0 amide bonds. The average Bonchev–Trinajstić information content (AvgIpc) is 2.34. The zero-order valence-electron chi connectivity index (χ0n) is 9.49. The average molecular weight is 240 g/mol. The van der Waals surface area contributed by atoms with Gasteiger partial charge in [-0.1, -0.05) is 24.3 Å². The van der Waals surface area contributed by atoms with Gasteiger partial charge in [-0.15, -0.1) is 11.6 Å². The topological polar surface area (TPSA) is 12.5 Å². The summed E-state index contributed by atoms with van der Waals surface area (Å²) in [5.74, 6) is 0.586. The second-order valence-corrected chi connectivity index (χ2v) is 4.47. The van der Waals surface area contributed by atoms with Crippen molar-refractivity contribution in [2.75, 3.05) is 32.2 Å². The Balaban J connectivity index is 1.79. The Morgan fingerprint density at radius 2 is 2.00 bits per heavy atom. The summed E-state index contributed by atoms with van der Waals surface area (Å²) in [4.78, 5) is 2.44. The molecule has 1 aromatic carbocycles. The molecule has 0 bridgehead atoms. The Morgan fingerprint density at radius 3 is 2.81 bits per heavy atom. The maximum atomic E-state index is 5.55. The van der Waals surface area contributed by atoms with Gasteiger partial charge in [-0.2, -0.15) is 0 Å². The molecule has 0 unspecified atom stereocenters. The number of rotatable bonds is 5. The number of hydrogen-bond acceptors (Lipinski definition) is 2. The van der Waals surface area contributed by atoms with Crippen LogP contribution in [0.5, 0.6) is 0 Å². The van der Waals surface area contributed by atoms with Gasteiger partial charge in [0, 0.05) is 25.5 Å². The third-order valence-electron chi connectivity index (χ3n) is 2.98. The molecule has 1 aliphatic rings. The zero-order valence-corrected chi connectivity index (χ0v) is 10.2. The van der Waals surface area contributed by atoms with Gasteiger partial charge >= 0.3 is 0 Å². The Bertz CT molecular complexity index is 329. The summed E-state index contributed by atoms with van der Waals surface area (Å²) in [6, 6.07) is 8.70. The predicted octanol–water partition coefficient (Wildman–Crippen LogP) is 2.30. The van der Waals surface area contributed by atoms with Crippen LogP contribution in [-0.2, 0) is 17.7 Å². The molecule has 0 saturated heterocycles. The van der Waals surface area contributed by atoms with E-state index in [0.717, 1.165) is 32.7 Å². The first kappa shape index (κ1) is 11.9. The summed E-state index contributed by atoms with van der Waals surface area (Å²) in [5, 5.41) is 0. The lowest BCUT2D eigenvalue weighted by atomic mass is 10.0. The van der Waals surface area contributed by atoms with Crippen LogP contribution in [0.15, 0.2) is 24.3 Å². The summed E-state index contributed by atoms with van der Waals surface area (Å²) in [6.07, 6.45) is 1.16. The van der Waals surface area contributed by atoms with Gasteiger partial charge in [-0.25, -0.2) is 0 Å². The standard InChI is InChI=1S/C13H18ClNO/c14-6-9-16-10-8-15-7-5-12-3-1-2-4-13(12)11-15/h1-4H,5-11H2. The van der Waals surface area contributed by atoms with Crippen molar-refractivity contribution in [2.24, 2.45) is 0 Å². The lowest BCUT2D eigenvalue weighted by Gasteiger charge is -2.28. The molecule has 88 valence electrons. The molecule has 0 aromatic heterocycles. The highest BCUT2D eigenvalue weighted by atomic mass is 35.5. The van der Waals surface area contributed by atoms with Crippen LogP contribution in [0.1, 0.15) is 11.1 Å². The fourth-order valence-electron chi connectivity index (χ4n) is 2.10. The molecule has 0 aliphatic carbocycles.